The summed E-state index contributed by atoms with van der Waals surface area (Å²) in [6, 6.07) is 9.02. The minimum Gasteiger partial charge on any atom is -0.350 e. The van der Waals surface area contributed by atoms with Crippen LogP contribution in [0.2, 0.25) is 0 Å². The number of benzene rings is 1. The van der Waals surface area contributed by atoms with Crippen molar-refractivity contribution in [1.29, 1.82) is 0 Å². The molecule has 0 saturated carbocycles. The third-order valence-corrected chi connectivity index (χ3v) is 3.68. The van der Waals surface area contributed by atoms with Crippen molar-refractivity contribution in [3.05, 3.63) is 35.9 Å². The van der Waals surface area contributed by atoms with E-state index in [1.54, 1.807) is 6.41 Å². The molecule has 0 spiro atoms. The van der Waals surface area contributed by atoms with Gasteiger partial charge in [0.25, 0.3) is 0 Å². The number of hydrogen-bond donors (Lipinski definition) is 2. The molecule has 0 bridgehead atoms. The van der Waals surface area contributed by atoms with Crippen LogP contribution in [0.4, 0.5) is 0 Å². The Bertz CT molecular complexity index is 519. The van der Waals surface area contributed by atoms with Crippen molar-refractivity contribution in [1.82, 2.24) is 15.5 Å². The predicted octanol–water partition coefficient (Wildman–Crippen LogP) is 0.341. The Morgan fingerprint density at radius 1 is 1.27 bits per heavy atom. The number of rotatable bonds is 6. The van der Waals surface area contributed by atoms with E-state index < -0.39 is 6.04 Å². The maximum absolute atomic E-state index is 12.2. The predicted molar refractivity (Wildman–Crippen MR) is 81.3 cm³/mol. The molecule has 3 amide bonds. The van der Waals surface area contributed by atoms with E-state index in [1.807, 2.05) is 30.3 Å². The van der Waals surface area contributed by atoms with Crippen LogP contribution in [0.3, 0.4) is 0 Å². The molecule has 0 aromatic heterocycles. The highest BCUT2D eigenvalue weighted by Crippen LogP contribution is 2.11. The Balaban J connectivity index is 1.86. The molecule has 1 aliphatic heterocycles. The van der Waals surface area contributed by atoms with Crippen LogP contribution < -0.4 is 10.6 Å². The maximum atomic E-state index is 12.2. The lowest BCUT2D eigenvalue weighted by Gasteiger charge is -2.23. The third kappa shape index (κ3) is 4.58. The molecule has 1 fully saturated rings. The van der Waals surface area contributed by atoms with Gasteiger partial charge in [-0.25, -0.2) is 0 Å². The molecule has 1 aromatic rings. The highest BCUT2D eigenvalue weighted by molar-refractivity contribution is 5.88. The molecule has 22 heavy (non-hydrogen) atoms. The largest absolute Gasteiger partial charge is 0.350 e. The molecule has 1 heterocycles. The van der Waals surface area contributed by atoms with Crippen LogP contribution >= 0.6 is 0 Å². The second-order valence-corrected chi connectivity index (χ2v) is 5.32. The molecular formula is C16H20N3O3. The molecule has 1 aromatic carbocycles. The normalized spacial score (nSPS) is 18.5. The minimum atomic E-state index is -0.568. The van der Waals surface area contributed by atoms with Crippen molar-refractivity contribution >= 4 is 18.2 Å². The smallest absolute Gasteiger partial charge is 0.309 e. The van der Waals surface area contributed by atoms with Gasteiger partial charge in [0.15, 0.2) is 0 Å². The number of nitrogens with zero attached hydrogens (tertiary/aromatic N) is 1. The maximum Gasteiger partial charge on any atom is 0.309 e. The number of hydrogen-bond acceptors (Lipinski definition) is 3. The molecule has 1 radical (unpaired) electrons. The Labute approximate surface area is 129 Å². The number of carbonyl (C=O) groups is 2. The quantitative estimate of drug-likeness (QED) is 0.744. The van der Waals surface area contributed by atoms with Gasteiger partial charge in [-0.05, 0) is 24.8 Å². The zero-order valence-electron chi connectivity index (χ0n) is 12.4. The van der Waals surface area contributed by atoms with Crippen molar-refractivity contribution in [2.75, 3.05) is 13.1 Å². The second-order valence-electron chi connectivity index (χ2n) is 5.32. The number of amides is 3. The molecular weight excluding hydrogens is 282 g/mol. The van der Waals surface area contributed by atoms with Crippen molar-refractivity contribution in [2.24, 2.45) is 0 Å². The third-order valence-electron chi connectivity index (χ3n) is 3.68. The summed E-state index contributed by atoms with van der Waals surface area (Å²) < 4.78 is 0. The van der Waals surface area contributed by atoms with E-state index in [-0.39, 0.29) is 18.4 Å². The minimum absolute atomic E-state index is 0.0166. The number of carbonyl (C=O) groups excluding carboxylic acids is 3. The first-order valence-corrected chi connectivity index (χ1v) is 7.43. The van der Waals surface area contributed by atoms with Gasteiger partial charge < -0.3 is 15.5 Å². The Kier molecular flexibility index (Phi) is 5.94. The van der Waals surface area contributed by atoms with E-state index >= 15 is 0 Å². The summed E-state index contributed by atoms with van der Waals surface area (Å²) in [6.07, 6.45) is 3.83. The summed E-state index contributed by atoms with van der Waals surface area (Å²) in [5.74, 6) is -0.413. The molecule has 6 nitrogen and oxygen atoms in total. The average Bonchev–Trinajstić information content (AvgIpc) is 2.70. The van der Waals surface area contributed by atoms with Gasteiger partial charge in [-0.3, -0.25) is 14.4 Å². The molecule has 2 N–H and O–H groups in total. The molecule has 1 aliphatic rings. The fourth-order valence-electron chi connectivity index (χ4n) is 2.49. The van der Waals surface area contributed by atoms with Gasteiger partial charge in [0.1, 0.15) is 6.04 Å². The summed E-state index contributed by atoms with van der Waals surface area (Å²) in [5, 5.41) is 5.21. The van der Waals surface area contributed by atoms with Crippen LogP contribution in [0.25, 0.3) is 0 Å². The monoisotopic (exact) mass is 302 g/mol. The Hall–Kier alpha value is -2.37. The molecule has 0 aliphatic carbocycles. The summed E-state index contributed by atoms with van der Waals surface area (Å²) in [7, 11) is 0. The zero-order valence-corrected chi connectivity index (χ0v) is 12.4. The lowest BCUT2D eigenvalue weighted by Crippen LogP contribution is -2.48. The van der Waals surface area contributed by atoms with Gasteiger partial charge >= 0.3 is 6.41 Å². The molecule has 1 saturated heterocycles. The van der Waals surface area contributed by atoms with Crippen LogP contribution in [-0.4, -0.2) is 42.3 Å². The van der Waals surface area contributed by atoms with Gasteiger partial charge in [0.2, 0.25) is 11.8 Å². The Morgan fingerprint density at radius 2 is 2.05 bits per heavy atom. The number of nitrogens with one attached hydrogen (secondary N) is 2. The Morgan fingerprint density at radius 3 is 2.77 bits per heavy atom. The van der Waals surface area contributed by atoms with E-state index in [2.05, 4.69) is 10.6 Å². The van der Waals surface area contributed by atoms with Crippen molar-refractivity contribution in [3.8, 4) is 0 Å². The van der Waals surface area contributed by atoms with E-state index in [0.717, 1.165) is 18.4 Å². The summed E-state index contributed by atoms with van der Waals surface area (Å²) in [5.41, 5.74) is 1.01. The fourth-order valence-corrected chi connectivity index (χ4v) is 2.49. The first-order chi connectivity index (χ1) is 10.7. The van der Waals surface area contributed by atoms with Crippen molar-refractivity contribution < 1.29 is 14.4 Å². The first-order valence-electron chi connectivity index (χ1n) is 7.43. The standard InChI is InChI=1S/C16H20N3O3/c20-12-18-14-8-4-5-9-19(16(14)22)11-15(21)17-10-13-6-2-1-3-7-13/h1-3,6-7,14H,4-5,8-11H2,(H,17,21)(H,18,20)/t14-/m0/s1. The molecule has 117 valence electrons. The first kappa shape index (κ1) is 16.0. The van der Waals surface area contributed by atoms with Crippen LogP contribution in [0.5, 0.6) is 0 Å². The zero-order chi connectivity index (χ0) is 15.8. The van der Waals surface area contributed by atoms with Gasteiger partial charge in [0, 0.05) is 13.1 Å². The summed E-state index contributed by atoms with van der Waals surface area (Å²) in [4.78, 5) is 36.2. The molecule has 2 rings (SSSR count). The van der Waals surface area contributed by atoms with E-state index in [0.29, 0.717) is 19.5 Å². The van der Waals surface area contributed by atoms with Gasteiger partial charge in [-0.15, -0.1) is 0 Å². The average molecular weight is 302 g/mol. The molecule has 0 unspecified atom stereocenters. The molecule has 6 heteroatoms. The van der Waals surface area contributed by atoms with Crippen LogP contribution in [-0.2, 0) is 20.9 Å². The fraction of sp³-hybridized carbons (Fsp3) is 0.438. The highest BCUT2D eigenvalue weighted by Gasteiger charge is 2.27. The summed E-state index contributed by atoms with van der Waals surface area (Å²) in [6.45, 7) is 0.989. The van der Waals surface area contributed by atoms with Gasteiger partial charge in [0.05, 0.1) is 6.54 Å². The SMILES string of the molecule is O=[C]N[C@H]1CCCCN(CC(=O)NCc2ccccc2)C1=O. The summed E-state index contributed by atoms with van der Waals surface area (Å²) >= 11 is 0. The van der Waals surface area contributed by atoms with Crippen LogP contribution in [0.15, 0.2) is 30.3 Å². The van der Waals surface area contributed by atoms with E-state index in [4.69, 9.17) is 0 Å². The number of likely N-dealkylation sites (tertiary alicyclic amines) is 1. The highest BCUT2D eigenvalue weighted by atomic mass is 16.2. The van der Waals surface area contributed by atoms with E-state index in [9.17, 15) is 14.4 Å². The lowest BCUT2D eigenvalue weighted by molar-refractivity contribution is -0.137. The van der Waals surface area contributed by atoms with Crippen LogP contribution in [0, 0.1) is 0 Å². The van der Waals surface area contributed by atoms with Crippen molar-refractivity contribution in [2.45, 2.75) is 31.8 Å². The second kappa shape index (κ2) is 8.17. The lowest BCUT2D eigenvalue weighted by atomic mass is 10.1. The van der Waals surface area contributed by atoms with Crippen molar-refractivity contribution in [3.63, 3.8) is 0 Å². The molecule has 1 atom stereocenters. The van der Waals surface area contributed by atoms with Crippen LogP contribution in [0.1, 0.15) is 24.8 Å². The van der Waals surface area contributed by atoms with Gasteiger partial charge in [-0.2, -0.15) is 0 Å². The van der Waals surface area contributed by atoms with E-state index in [1.165, 1.54) is 4.90 Å². The van der Waals surface area contributed by atoms with Gasteiger partial charge in [-0.1, -0.05) is 30.3 Å². The topological polar surface area (TPSA) is 78.5 Å².